The summed E-state index contributed by atoms with van der Waals surface area (Å²) < 4.78 is 99.6. The number of aliphatic hydroxyl groups excluding tert-OH is 1. The summed E-state index contributed by atoms with van der Waals surface area (Å²) in [5.74, 6) is -4.04. The van der Waals surface area contributed by atoms with Gasteiger partial charge in [0.25, 0.3) is 15.8 Å². The van der Waals surface area contributed by atoms with Gasteiger partial charge in [-0.3, -0.25) is 0 Å². The van der Waals surface area contributed by atoms with Crippen LogP contribution in [0.4, 0.5) is 22.0 Å². The molecule has 5 nitrogen and oxygen atoms in total. The van der Waals surface area contributed by atoms with Crippen molar-refractivity contribution in [1.82, 2.24) is 0 Å². The van der Waals surface area contributed by atoms with E-state index in [1.54, 1.807) is 0 Å². The quantitative estimate of drug-likeness (QED) is 0.783. The van der Waals surface area contributed by atoms with Gasteiger partial charge in [-0.1, -0.05) is 0 Å². The highest BCUT2D eigenvalue weighted by Crippen LogP contribution is 2.50. The number of halogens is 5. The summed E-state index contributed by atoms with van der Waals surface area (Å²) in [6, 6.07) is 1.39. The number of methoxy groups -OCH3 is 1. The molecule has 11 heteroatoms. The summed E-state index contributed by atoms with van der Waals surface area (Å²) in [7, 11) is -4.55. The first-order valence-corrected chi connectivity index (χ1v) is 8.50. The molecule has 0 bridgehead atoms. The molecule has 0 spiro atoms. The second-order valence-electron chi connectivity index (χ2n) is 5.63. The molecule has 0 aromatic heterocycles. The van der Waals surface area contributed by atoms with Crippen molar-refractivity contribution in [3.05, 3.63) is 23.3 Å². The number of alkyl halides is 5. The van der Waals surface area contributed by atoms with Crippen LogP contribution in [0.1, 0.15) is 24.2 Å². The Morgan fingerprint density at radius 3 is 2.48 bits per heavy atom. The van der Waals surface area contributed by atoms with Gasteiger partial charge < -0.3 is 14.6 Å². The van der Waals surface area contributed by atoms with Crippen LogP contribution in [-0.2, 0) is 21.0 Å². The molecule has 0 heterocycles. The van der Waals surface area contributed by atoms with Crippen molar-refractivity contribution in [2.24, 2.45) is 0 Å². The summed E-state index contributed by atoms with van der Waals surface area (Å²) in [5.41, 5.74) is -7.14. The second-order valence-corrected chi connectivity index (χ2v) is 7.54. The van der Waals surface area contributed by atoms with Gasteiger partial charge in [0.2, 0.25) is 0 Å². The number of sulfone groups is 1. The lowest BCUT2D eigenvalue weighted by atomic mass is 10.1. The number of ether oxygens (including phenoxy) is 2. The van der Waals surface area contributed by atoms with Crippen molar-refractivity contribution < 1.29 is 45.0 Å². The second kappa shape index (κ2) is 6.36. The third-order valence-electron chi connectivity index (χ3n) is 3.68. The Hall–Kier alpha value is -1.46. The maximum Gasteiger partial charge on any atom is 0.501 e. The molecule has 0 aliphatic heterocycles. The minimum atomic E-state index is -5.91. The molecule has 2 rings (SSSR count). The first-order valence-electron chi connectivity index (χ1n) is 7.01. The third-order valence-corrected chi connectivity index (χ3v) is 5.23. The number of hydrogen-bond acceptors (Lipinski definition) is 5. The molecule has 2 atom stereocenters. The molecule has 1 aromatic carbocycles. The average Bonchev–Trinajstić information content (AvgIpc) is 2.70. The first kappa shape index (κ1) is 19.9. The number of hydrogen-bond donors (Lipinski definition) is 1. The molecule has 25 heavy (non-hydrogen) atoms. The molecule has 0 saturated heterocycles. The summed E-state index contributed by atoms with van der Waals surface area (Å²) in [6.07, 6.45) is -4.46. The molecule has 0 saturated carbocycles. The Morgan fingerprint density at radius 1 is 1.36 bits per heavy atom. The summed E-state index contributed by atoms with van der Waals surface area (Å²) in [4.78, 5) is -1.40. The van der Waals surface area contributed by atoms with Crippen LogP contribution in [0.25, 0.3) is 0 Å². The first-order chi connectivity index (χ1) is 11.3. The van der Waals surface area contributed by atoms with Gasteiger partial charge in [0, 0.05) is 24.7 Å². The lowest BCUT2D eigenvalue weighted by molar-refractivity contribution is -0.0979. The van der Waals surface area contributed by atoms with Crippen molar-refractivity contribution in [2.75, 3.05) is 13.7 Å². The predicted octanol–water partition coefficient (Wildman–Crippen LogP) is 2.62. The molecule has 0 fully saturated rings. The lowest BCUT2D eigenvalue weighted by Gasteiger charge is -2.19. The van der Waals surface area contributed by atoms with Gasteiger partial charge in [0.15, 0.2) is 0 Å². The molecule has 1 aliphatic rings. The Kier molecular flexibility index (Phi) is 5.05. The summed E-state index contributed by atoms with van der Waals surface area (Å²) in [6.45, 7) is 1.59. The topological polar surface area (TPSA) is 72.8 Å². The molecule has 1 N–H and O–H groups in total. The zero-order chi connectivity index (χ0) is 19.2. The van der Waals surface area contributed by atoms with Gasteiger partial charge in [-0.2, -0.15) is 13.2 Å². The van der Waals surface area contributed by atoms with E-state index in [4.69, 9.17) is 9.47 Å². The number of aliphatic hydroxyl groups is 1. The van der Waals surface area contributed by atoms with E-state index < -0.39 is 55.9 Å². The Morgan fingerprint density at radius 2 is 1.96 bits per heavy atom. The van der Waals surface area contributed by atoms with Crippen molar-refractivity contribution >= 4 is 9.84 Å². The molecule has 0 amide bonds. The maximum atomic E-state index is 13.9. The van der Waals surface area contributed by atoms with Crippen molar-refractivity contribution in [3.63, 3.8) is 0 Å². The normalized spacial score (nSPS) is 21.0. The van der Waals surface area contributed by atoms with E-state index in [1.807, 2.05) is 0 Å². The molecular formula is C14H15F5O5S. The molecular weight excluding hydrogens is 375 g/mol. The van der Waals surface area contributed by atoms with Crippen LogP contribution >= 0.6 is 0 Å². The van der Waals surface area contributed by atoms with Crippen LogP contribution in [0.15, 0.2) is 17.0 Å². The van der Waals surface area contributed by atoms with E-state index in [9.17, 15) is 35.5 Å². The van der Waals surface area contributed by atoms with E-state index >= 15 is 0 Å². The highest BCUT2D eigenvalue weighted by Gasteiger charge is 2.55. The third kappa shape index (κ3) is 3.44. The summed E-state index contributed by atoms with van der Waals surface area (Å²) >= 11 is 0. The Labute approximate surface area is 140 Å². The molecule has 1 aromatic rings. The highest BCUT2D eigenvalue weighted by molar-refractivity contribution is 7.92. The maximum absolute atomic E-state index is 13.9. The van der Waals surface area contributed by atoms with Crippen LogP contribution < -0.4 is 4.74 Å². The summed E-state index contributed by atoms with van der Waals surface area (Å²) in [5, 5.41) is 9.72. The van der Waals surface area contributed by atoms with Crippen LogP contribution in [0.5, 0.6) is 5.75 Å². The van der Waals surface area contributed by atoms with Crippen molar-refractivity contribution in [1.29, 1.82) is 0 Å². The van der Waals surface area contributed by atoms with E-state index in [0.29, 0.717) is 6.07 Å². The smallest absolute Gasteiger partial charge is 0.488 e. The monoisotopic (exact) mass is 390 g/mol. The molecule has 0 unspecified atom stereocenters. The molecule has 0 radical (unpaired) electrons. The molecule has 142 valence electrons. The SMILES string of the molecule is COC[C@@H](C)Oc1ccc(S(=O)(=O)C(F)(F)F)c2c1CC(F)(F)[C@H]2O. The Balaban J connectivity index is 2.63. The van der Waals surface area contributed by atoms with Gasteiger partial charge in [0.1, 0.15) is 18.0 Å². The Bertz CT molecular complexity index is 760. The van der Waals surface area contributed by atoms with E-state index in [2.05, 4.69) is 0 Å². The van der Waals surface area contributed by atoms with Gasteiger partial charge >= 0.3 is 5.51 Å². The van der Waals surface area contributed by atoms with E-state index in [-0.39, 0.29) is 12.4 Å². The van der Waals surface area contributed by atoms with Gasteiger partial charge in [-0.15, -0.1) is 0 Å². The standard InChI is InChI=1S/C14H15F5O5S/c1-7(6-23-2)24-9-3-4-10(25(21,22)14(17,18)19)11-8(9)5-13(15,16)12(11)20/h3-4,7,12,20H,5-6H2,1-2H3/t7-,12+/m1/s1. The molecule has 1 aliphatic carbocycles. The minimum Gasteiger partial charge on any atom is -0.488 e. The van der Waals surface area contributed by atoms with Gasteiger partial charge in [-0.05, 0) is 19.1 Å². The number of benzene rings is 1. The fraction of sp³-hybridized carbons (Fsp3) is 0.571. The zero-order valence-corrected chi connectivity index (χ0v) is 13.9. The van der Waals surface area contributed by atoms with Gasteiger partial charge in [0.05, 0.1) is 11.5 Å². The van der Waals surface area contributed by atoms with E-state index in [1.165, 1.54) is 14.0 Å². The zero-order valence-electron chi connectivity index (χ0n) is 13.1. The predicted molar refractivity (Wildman–Crippen MR) is 75.3 cm³/mol. The fourth-order valence-corrected chi connectivity index (χ4v) is 3.62. The van der Waals surface area contributed by atoms with Crippen LogP contribution in [0.3, 0.4) is 0 Å². The van der Waals surface area contributed by atoms with Crippen LogP contribution in [0.2, 0.25) is 0 Å². The van der Waals surface area contributed by atoms with E-state index in [0.717, 1.165) is 6.07 Å². The largest absolute Gasteiger partial charge is 0.501 e. The fourth-order valence-electron chi connectivity index (χ4n) is 2.60. The number of rotatable bonds is 5. The average molecular weight is 390 g/mol. The highest BCUT2D eigenvalue weighted by atomic mass is 32.2. The van der Waals surface area contributed by atoms with Crippen LogP contribution in [0, 0.1) is 0 Å². The van der Waals surface area contributed by atoms with Gasteiger partial charge in [-0.25, -0.2) is 17.2 Å². The number of fused-ring (bicyclic) bond motifs is 1. The minimum absolute atomic E-state index is 0.0658. The van der Waals surface area contributed by atoms with Crippen molar-refractivity contribution in [2.45, 2.75) is 41.9 Å². The van der Waals surface area contributed by atoms with Crippen LogP contribution in [-0.4, -0.2) is 44.8 Å². The lowest BCUT2D eigenvalue weighted by Crippen LogP contribution is -2.26. The van der Waals surface area contributed by atoms with Crippen molar-refractivity contribution in [3.8, 4) is 5.75 Å².